The van der Waals surface area contributed by atoms with Gasteiger partial charge in [-0.05, 0) is 17.7 Å². The fourth-order valence-corrected chi connectivity index (χ4v) is 2.59. The average Bonchev–Trinajstić information content (AvgIpc) is 3.06. The van der Waals surface area contributed by atoms with Gasteiger partial charge in [-0.2, -0.15) is 5.10 Å². The van der Waals surface area contributed by atoms with Crippen LogP contribution in [-0.4, -0.2) is 35.3 Å². The molecule has 0 radical (unpaired) electrons. The van der Waals surface area contributed by atoms with Crippen LogP contribution in [0.5, 0.6) is 11.5 Å². The van der Waals surface area contributed by atoms with Gasteiger partial charge in [-0.3, -0.25) is 14.7 Å². The second kappa shape index (κ2) is 5.60. The smallest absolute Gasteiger partial charge is 0.276 e. The first kappa shape index (κ1) is 14.8. The summed E-state index contributed by atoms with van der Waals surface area (Å²) >= 11 is 0. The number of fused-ring (bicyclic) bond motifs is 1. The number of H-pyrrole nitrogens is 1. The molecule has 0 aliphatic rings. The van der Waals surface area contributed by atoms with E-state index in [0.717, 1.165) is 11.1 Å². The molecule has 3 rings (SSSR count). The number of carbonyl (C=O) groups excluding carboxylic acids is 1. The summed E-state index contributed by atoms with van der Waals surface area (Å²) in [6.07, 6.45) is 4.00. The third-order valence-electron chi connectivity index (χ3n) is 3.76. The number of aromatic amines is 1. The first-order chi connectivity index (χ1) is 11.1. The highest BCUT2D eigenvalue weighted by atomic mass is 16.5. The summed E-state index contributed by atoms with van der Waals surface area (Å²) in [6, 6.07) is 3.47. The van der Waals surface area contributed by atoms with Gasteiger partial charge >= 0.3 is 0 Å². The summed E-state index contributed by atoms with van der Waals surface area (Å²) in [5.74, 6) is 0.805. The van der Waals surface area contributed by atoms with Crippen molar-refractivity contribution in [2.24, 2.45) is 7.05 Å². The molecule has 0 atom stereocenters. The van der Waals surface area contributed by atoms with Gasteiger partial charge in [-0.1, -0.05) is 0 Å². The van der Waals surface area contributed by atoms with Crippen LogP contribution < -0.4 is 15.0 Å². The lowest BCUT2D eigenvalue weighted by Crippen LogP contribution is -2.16. The predicted molar refractivity (Wildman–Crippen MR) is 85.3 cm³/mol. The summed E-state index contributed by atoms with van der Waals surface area (Å²) < 4.78 is 12.0. The molecule has 0 aliphatic heterocycles. The molecule has 3 aromatic rings. The number of benzene rings is 1. The molecule has 0 amide bonds. The lowest BCUT2D eigenvalue weighted by Gasteiger charge is -2.13. The maximum absolute atomic E-state index is 12.1. The largest absolute Gasteiger partial charge is 0.496 e. The molecule has 0 spiro atoms. The number of aromatic nitrogens is 3. The van der Waals surface area contributed by atoms with Gasteiger partial charge in [0.05, 0.1) is 26.0 Å². The molecule has 1 aromatic carbocycles. The minimum absolute atomic E-state index is 0.162. The highest BCUT2D eigenvalue weighted by molar-refractivity contribution is 5.95. The van der Waals surface area contributed by atoms with Gasteiger partial charge in [0.15, 0.2) is 6.29 Å². The Morgan fingerprint density at radius 1 is 1.22 bits per heavy atom. The van der Waals surface area contributed by atoms with Gasteiger partial charge in [-0.25, -0.2) is 0 Å². The van der Waals surface area contributed by atoms with Crippen molar-refractivity contribution in [1.82, 2.24) is 14.8 Å². The molecular formula is C16H15N3O4. The third kappa shape index (κ3) is 2.26. The van der Waals surface area contributed by atoms with E-state index in [1.807, 2.05) is 0 Å². The molecule has 7 nitrogen and oxygen atoms in total. The van der Waals surface area contributed by atoms with Crippen molar-refractivity contribution in [2.45, 2.75) is 0 Å². The number of rotatable bonds is 4. The van der Waals surface area contributed by atoms with E-state index in [1.165, 1.54) is 18.8 Å². The number of nitrogens with zero attached hydrogens (tertiary/aromatic N) is 2. The van der Waals surface area contributed by atoms with Crippen molar-refractivity contribution in [3.05, 3.63) is 40.4 Å². The first-order valence-corrected chi connectivity index (χ1v) is 6.85. The number of aryl methyl sites for hydroxylation is 1. The Morgan fingerprint density at radius 2 is 1.87 bits per heavy atom. The summed E-state index contributed by atoms with van der Waals surface area (Å²) in [5, 5.41) is 7.36. The van der Waals surface area contributed by atoms with E-state index in [4.69, 9.17) is 9.47 Å². The minimum Gasteiger partial charge on any atom is -0.496 e. The van der Waals surface area contributed by atoms with Gasteiger partial charge in [0.2, 0.25) is 0 Å². The van der Waals surface area contributed by atoms with Crippen molar-refractivity contribution in [3.63, 3.8) is 0 Å². The maximum Gasteiger partial charge on any atom is 0.276 e. The fourth-order valence-electron chi connectivity index (χ4n) is 2.59. The number of ether oxygens (including phenoxy) is 2. The Hall–Kier alpha value is -3.09. The molecule has 118 valence electrons. The van der Waals surface area contributed by atoms with Crippen LogP contribution in [0.1, 0.15) is 10.4 Å². The minimum atomic E-state index is -0.162. The van der Waals surface area contributed by atoms with E-state index in [9.17, 15) is 9.59 Å². The fraction of sp³-hybridized carbons (Fsp3) is 0.188. The van der Waals surface area contributed by atoms with Crippen LogP contribution in [0, 0.1) is 0 Å². The molecule has 0 fully saturated rings. The van der Waals surface area contributed by atoms with Gasteiger partial charge in [0.1, 0.15) is 17.0 Å². The van der Waals surface area contributed by atoms with Gasteiger partial charge in [0, 0.05) is 24.2 Å². The van der Waals surface area contributed by atoms with Crippen LogP contribution in [-0.2, 0) is 7.05 Å². The van der Waals surface area contributed by atoms with Crippen LogP contribution in [0.3, 0.4) is 0 Å². The first-order valence-electron chi connectivity index (χ1n) is 6.85. The highest BCUT2D eigenvalue weighted by Crippen LogP contribution is 2.35. The molecule has 0 saturated heterocycles. The van der Waals surface area contributed by atoms with Crippen LogP contribution in [0.25, 0.3) is 22.0 Å². The number of nitrogens with one attached hydrogen (secondary N) is 1. The molecule has 2 heterocycles. The third-order valence-corrected chi connectivity index (χ3v) is 3.76. The number of aldehydes is 1. The normalized spacial score (nSPS) is 10.7. The molecule has 2 aromatic heterocycles. The topological polar surface area (TPSA) is 86.2 Å². The van der Waals surface area contributed by atoms with Crippen molar-refractivity contribution in [3.8, 4) is 22.6 Å². The Bertz CT molecular complexity index is 931. The number of pyridine rings is 1. The lowest BCUT2D eigenvalue weighted by atomic mass is 10.0. The van der Waals surface area contributed by atoms with E-state index >= 15 is 0 Å². The molecule has 0 aliphatic carbocycles. The summed E-state index contributed by atoms with van der Waals surface area (Å²) in [6.45, 7) is 0. The summed E-state index contributed by atoms with van der Waals surface area (Å²) in [5.41, 5.74) is 2.13. The SMILES string of the molecule is COc1cc(-c2cn(C)c(=O)c3[nH]ncc23)cc(OC)c1C=O. The molecule has 0 unspecified atom stereocenters. The second-order valence-electron chi connectivity index (χ2n) is 5.03. The number of methoxy groups -OCH3 is 2. The summed E-state index contributed by atoms with van der Waals surface area (Å²) in [7, 11) is 4.64. The zero-order chi connectivity index (χ0) is 16.6. The van der Waals surface area contributed by atoms with E-state index in [0.29, 0.717) is 34.3 Å². The Balaban J connectivity index is 2.35. The van der Waals surface area contributed by atoms with Crippen molar-refractivity contribution in [2.75, 3.05) is 14.2 Å². The molecule has 0 saturated carbocycles. The van der Waals surface area contributed by atoms with Gasteiger partial charge in [0.25, 0.3) is 5.56 Å². The molecule has 7 heteroatoms. The average molecular weight is 313 g/mol. The molecule has 0 bridgehead atoms. The van der Waals surface area contributed by atoms with Crippen LogP contribution in [0.2, 0.25) is 0 Å². The summed E-state index contributed by atoms with van der Waals surface area (Å²) in [4.78, 5) is 23.4. The van der Waals surface area contributed by atoms with Crippen LogP contribution in [0.15, 0.2) is 29.3 Å². The second-order valence-corrected chi connectivity index (χ2v) is 5.03. The Morgan fingerprint density at radius 3 is 2.43 bits per heavy atom. The highest BCUT2D eigenvalue weighted by Gasteiger charge is 2.16. The Labute approximate surface area is 131 Å². The molecule has 1 N–H and O–H groups in total. The molecule has 23 heavy (non-hydrogen) atoms. The standard InChI is InChI=1S/C16H15N3O4/c1-19-7-11(10-6-17-18-15(10)16(19)21)9-4-13(22-2)12(8-20)14(5-9)23-3/h4-8H,1-3H3,(H,17,18). The van der Waals surface area contributed by atoms with E-state index < -0.39 is 0 Å². The molecular weight excluding hydrogens is 298 g/mol. The predicted octanol–water partition coefficient (Wildman–Crippen LogP) is 1.76. The zero-order valence-electron chi connectivity index (χ0n) is 12.9. The number of carbonyl (C=O) groups is 1. The number of hydrogen-bond acceptors (Lipinski definition) is 5. The van der Waals surface area contributed by atoms with E-state index in [1.54, 1.807) is 31.6 Å². The lowest BCUT2D eigenvalue weighted by molar-refractivity contribution is 0.111. The van der Waals surface area contributed by atoms with Crippen LogP contribution in [0.4, 0.5) is 0 Å². The van der Waals surface area contributed by atoms with E-state index in [2.05, 4.69) is 10.2 Å². The van der Waals surface area contributed by atoms with Crippen molar-refractivity contribution in [1.29, 1.82) is 0 Å². The van der Waals surface area contributed by atoms with Gasteiger partial charge in [-0.15, -0.1) is 0 Å². The quantitative estimate of drug-likeness (QED) is 0.742. The number of hydrogen-bond donors (Lipinski definition) is 1. The zero-order valence-corrected chi connectivity index (χ0v) is 12.9. The van der Waals surface area contributed by atoms with Gasteiger partial charge < -0.3 is 14.0 Å². The van der Waals surface area contributed by atoms with Crippen molar-refractivity contribution < 1.29 is 14.3 Å². The van der Waals surface area contributed by atoms with Crippen LogP contribution >= 0.6 is 0 Å². The van der Waals surface area contributed by atoms with E-state index in [-0.39, 0.29) is 5.56 Å². The monoisotopic (exact) mass is 313 g/mol. The van der Waals surface area contributed by atoms with Crippen molar-refractivity contribution >= 4 is 17.2 Å². The maximum atomic E-state index is 12.1. The Kier molecular flexibility index (Phi) is 3.61.